The molecule has 116 valence electrons. The molecule has 0 unspecified atom stereocenters. The molecule has 0 atom stereocenters. The van der Waals surface area contributed by atoms with E-state index >= 15 is 0 Å². The van der Waals surface area contributed by atoms with Crippen LogP contribution in [0.2, 0.25) is 0 Å². The molecular formula is C15H19N5O2. The van der Waals surface area contributed by atoms with Crippen molar-refractivity contribution in [3.05, 3.63) is 35.5 Å². The maximum absolute atomic E-state index is 11.9. The molecule has 1 N–H and O–H groups in total. The summed E-state index contributed by atoms with van der Waals surface area (Å²) in [6.45, 7) is 2.02. The van der Waals surface area contributed by atoms with Crippen LogP contribution in [-0.4, -0.2) is 26.0 Å². The van der Waals surface area contributed by atoms with Gasteiger partial charge in [-0.3, -0.25) is 9.78 Å². The Morgan fingerprint density at radius 1 is 1.27 bits per heavy atom. The molecule has 1 aliphatic rings. The first-order chi connectivity index (χ1) is 10.7. The lowest BCUT2D eigenvalue weighted by Crippen LogP contribution is -2.24. The van der Waals surface area contributed by atoms with Crippen molar-refractivity contribution in [1.29, 1.82) is 0 Å². The first-order valence-electron chi connectivity index (χ1n) is 7.61. The molecular weight excluding hydrogens is 282 g/mol. The summed E-state index contributed by atoms with van der Waals surface area (Å²) in [5, 5.41) is 6.75. The van der Waals surface area contributed by atoms with Crippen LogP contribution in [0.5, 0.6) is 0 Å². The monoisotopic (exact) mass is 301 g/mol. The number of nitrogens with zero attached hydrogens (tertiary/aromatic N) is 4. The molecule has 0 radical (unpaired) electrons. The van der Waals surface area contributed by atoms with Gasteiger partial charge in [0.15, 0.2) is 5.82 Å². The van der Waals surface area contributed by atoms with Crippen LogP contribution in [0.25, 0.3) is 0 Å². The number of rotatable bonds is 4. The summed E-state index contributed by atoms with van der Waals surface area (Å²) >= 11 is 0. The second-order valence-electron chi connectivity index (χ2n) is 5.61. The van der Waals surface area contributed by atoms with Crippen LogP contribution < -0.4 is 5.32 Å². The minimum Gasteiger partial charge on any atom is -0.342 e. The zero-order valence-corrected chi connectivity index (χ0v) is 12.6. The molecule has 1 fully saturated rings. The van der Waals surface area contributed by atoms with Crippen molar-refractivity contribution in [3.63, 3.8) is 0 Å². The second-order valence-corrected chi connectivity index (χ2v) is 5.61. The average Bonchev–Trinajstić information content (AvgIpc) is 3.03. The largest absolute Gasteiger partial charge is 0.342 e. The van der Waals surface area contributed by atoms with E-state index < -0.39 is 0 Å². The van der Waals surface area contributed by atoms with Crippen molar-refractivity contribution in [3.8, 4) is 0 Å². The smallest absolute Gasteiger partial charge is 0.271 e. The molecule has 22 heavy (non-hydrogen) atoms. The second kappa shape index (κ2) is 6.64. The zero-order chi connectivity index (χ0) is 15.4. The van der Waals surface area contributed by atoms with E-state index in [1.165, 1.54) is 25.5 Å². The topological polar surface area (TPSA) is 93.8 Å². The average molecular weight is 301 g/mol. The fourth-order valence-corrected chi connectivity index (χ4v) is 2.62. The molecule has 3 rings (SSSR count). The number of aromatic nitrogens is 4. The van der Waals surface area contributed by atoms with Gasteiger partial charge in [0.05, 0.1) is 18.4 Å². The van der Waals surface area contributed by atoms with Gasteiger partial charge in [-0.1, -0.05) is 24.4 Å². The lowest BCUT2D eigenvalue weighted by Gasteiger charge is -2.17. The Labute approximate surface area is 128 Å². The van der Waals surface area contributed by atoms with Crippen molar-refractivity contribution in [2.45, 2.75) is 51.5 Å². The van der Waals surface area contributed by atoms with Gasteiger partial charge in [-0.25, -0.2) is 4.98 Å². The molecule has 0 aromatic carbocycles. The van der Waals surface area contributed by atoms with Gasteiger partial charge in [0.1, 0.15) is 5.69 Å². The maximum Gasteiger partial charge on any atom is 0.271 e. The number of hydrogen-bond donors (Lipinski definition) is 1. The Balaban J connectivity index is 1.56. The molecule has 7 heteroatoms. The third kappa shape index (κ3) is 3.47. The molecule has 1 aliphatic carbocycles. The lowest BCUT2D eigenvalue weighted by atomic mass is 9.89. The summed E-state index contributed by atoms with van der Waals surface area (Å²) < 4.78 is 5.21. The Hall–Kier alpha value is -2.31. The molecule has 0 bridgehead atoms. The van der Waals surface area contributed by atoms with Crippen LogP contribution in [0.1, 0.15) is 65.9 Å². The standard InChI is InChI=1S/C15H19N5O2/c1-10-7-17-12(8-16-10)15(21)18-9-13-19-14(20-22-13)11-5-3-2-4-6-11/h7-8,11H,2-6,9H2,1H3,(H,18,21). The molecule has 2 aromatic heterocycles. The van der Waals surface area contributed by atoms with Gasteiger partial charge in [0.25, 0.3) is 5.91 Å². The van der Waals surface area contributed by atoms with Crippen molar-refractivity contribution >= 4 is 5.91 Å². The predicted octanol–water partition coefficient (Wildman–Crippen LogP) is 2.15. The molecule has 1 saturated carbocycles. The van der Waals surface area contributed by atoms with E-state index in [9.17, 15) is 4.79 Å². The summed E-state index contributed by atoms with van der Waals surface area (Å²) in [6, 6.07) is 0. The van der Waals surface area contributed by atoms with Gasteiger partial charge in [0.2, 0.25) is 5.89 Å². The molecule has 1 amide bonds. The number of carbonyl (C=O) groups excluding carboxylic acids is 1. The Bertz CT molecular complexity index is 632. The SMILES string of the molecule is Cc1cnc(C(=O)NCc2nc(C3CCCCC3)no2)cn1. The van der Waals surface area contributed by atoms with Gasteiger partial charge in [-0.15, -0.1) is 0 Å². The van der Waals surface area contributed by atoms with Crippen LogP contribution in [0.15, 0.2) is 16.9 Å². The third-order valence-electron chi connectivity index (χ3n) is 3.87. The van der Waals surface area contributed by atoms with E-state index in [1.54, 1.807) is 6.20 Å². The zero-order valence-electron chi connectivity index (χ0n) is 12.6. The minimum absolute atomic E-state index is 0.202. The fourth-order valence-electron chi connectivity index (χ4n) is 2.62. The van der Waals surface area contributed by atoms with Crippen LogP contribution in [0.3, 0.4) is 0 Å². The maximum atomic E-state index is 11.9. The minimum atomic E-state index is -0.301. The first-order valence-corrected chi connectivity index (χ1v) is 7.61. The summed E-state index contributed by atoms with van der Waals surface area (Å²) in [5.74, 6) is 1.28. The van der Waals surface area contributed by atoms with Crippen LogP contribution >= 0.6 is 0 Å². The number of carbonyl (C=O) groups is 1. The highest BCUT2D eigenvalue weighted by Crippen LogP contribution is 2.30. The first kappa shape index (κ1) is 14.6. The van der Waals surface area contributed by atoms with Crippen LogP contribution in [-0.2, 0) is 6.54 Å². The van der Waals surface area contributed by atoms with E-state index in [4.69, 9.17) is 4.52 Å². The van der Waals surface area contributed by atoms with Crippen LogP contribution in [0.4, 0.5) is 0 Å². The molecule has 0 aliphatic heterocycles. The number of aryl methyl sites for hydroxylation is 1. The Kier molecular flexibility index (Phi) is 4.41. The van der Waals surface area contributed by atoms with Gasteiger partial charge in [-0.05, 0) is 19.8 Å². The lowest BCUT2D eigenvalue weighted by molar-refractivity contribution is 0.0941. The van der Waals surface area contributed by atoms with Gasteiger partial charge in [0, 0.05) is 12.1 Å². The molecule has 7 nitrogen and oxygen atoms in total. The molecule has 2 heterocycles. The van der Waals surface area contributed by atoms with Crippen molar-refractivity contribution < 1.29 is 9.32 Å². The Morgan fingerprint density at radius 2 is 2.09 bits per heavy atom. The summed E-state index contributed by atoms with van der Waals surface area (Å²) in [4.78, 5) is 24.4. The normalized spacial score (nSPS) is 15.7. The predicted molar refractivity (Wildman–Crippen MR) is 78.1 cm³/mol. The number of hydrogen-bond acceptors (Lipinski definition) is 6. The highest BCUT2D eigenvalue weighted by molar-refractivity contribution is 5.91. The van der Waals surface area contributed by atoms with Gasteiger partial charge >= 0.3 is 0 Å². The highest BCUT2D eigenvalue weighted by atomic mass is 16.5. The van der Waals surface area contributed by atoms with Gasteiger partial charge < -0.3 is 9.84 Å². The number of amides is 1. The fraction of sp³-hybridized carbons (Fsp3) is 0.533. The Morgan fingerprint density at radius 3 is 2.82 bits per heavy atom. The quantitative estimate of drug-likeness (QED) is 0.930. The summed E-state index contributed by atoms with van der Waals surface area (Å²) in [7, 11) is 0. The van der Waals surface area contributed by atoms with Crippen molar-refractivity contribution in [1.82, 2.24) is 25.4 Å². The van der Waals surface area contributed by atoms with Crippen molar-refractivity contribution in [2.75, 3.05) is 0 Å². The molecule has 0 spiro atoms. The summed E-state index contributed by atoms with van der Waals surface area (Å²) in [6.07, 6.45) is 8.97. The van der Waals surface area contributed by atoms with E-state index in [2.05, 4.69) is 25.4 Å². The molecule has 2 aromatic rings. The van der Waals surface area contributed by atoms with E-state index in [0.29, 0.717) is 11.8 Å². The number of nitrogens with one attached hydrogen (secondary N) is 1. The van der Waals surface area contributed by atoms with Crippen molar-refractivity contribution in [2.24, 2.45) is 0 Å². The van der Waals surface area contributed by atoms with E-state index in [-0.39, 0.29) is 18.1 Å². The third-order valence-corrected chi connectivity index (χ3v) is 3.87. The van der Waals surface area contributed by atoms with Gasteiger partial charge in [-0.2, -0.15) is 4.98 Å². The van der Waals surface area contributed by atoms with Crippen LogP contribution in [0, 0.1) is 6.92 Å². The van der Waals surface area contributed by atoms with E-state index in [1.807, 2.05) is 6.92 Å². The molecule has 0 saturated heterocycles. The highest BCUT2D eigenvalue weighted by Gasteiger charge is 2.21. The van der Waals surface area contributed by atoms with E-state index in [0.717, 1.165) is 24.4 Å². The summed E-state index contributed by atoms with van der Waals surface area (Å²) in [5.41, 5.74) is 1.04.